The highest BCUT2D eigenvalue weighted by Gasteiger charge is 1.98. The third-order valence-corrected chi connectivity index (χ3v) is 1.46. The number of carbonyl (C=O) groups is 1. The number of para-hydroxylation sites is 1. The molecule has 0 unspecified atom stereocenters. The summed E-state index contributed by atoms with van der Waals surface area (Å²) in [6.45, 7) is 5.87. The van der Waals surface area contributed by atoms with Crippen molar-refractivity contribution in [3.63, 3.8) is 0 Å². The van der Waals surface area contributed by atoms with E-state index in [1.54, 1.807) is 0 Å². The van der Waals surface area contributed by atoms with E-state index in [1.807, 2.05) is 32.0 Å². The average Bonchev–Trinajstić information content (AvgIpc) is 2.09. The second kappa shape index (κ2) is 6.95. The first-order valence-corrected chi connectivity index (χ1v) is 4.42. The summed E-state index contributed by atoms with van der Waals surface area (Å²) in [5, 5.41) is 6.89. The molecule has 1 aromatic rings. The molecule has 0 aliphatic carbocycles. The SMILES string of the molecule is Cc1ccccc1OC(C)C.O=CO. The van der Waals surface area contributed by atoms with Crippen molar-refractivity contribution in [2.24, 2.45) is 0 Å². The summed E-state index contributed by atoms with van der Waals surface area (Å²) >= 11 is 0. The summed E-state index contributed by atoms with van der Waals surface area (Å²) in [5.41, 5.74) is 1.20. The van der Waals surface area contributed by atoms with Gasteiger partial charge >= 0.3 is 0 Å². The Labute approximate surface area is 84.3 Å². The molecular formula is C11H16O3. The highest BCUT2D eigenvalue weighted by Crippen LogP contribution is 2.17. The van der Waals surface area contributed by atoms with Gasteiger partial charge in [0.2, 0.25) is 0 Å². The minimum Gasteiger partial charge on any atom is -0.491 e. The van der Waals surface area contributed by atoms with Gasteiger partial charge in [0.05, 0.1) is 6.10 Å². The molecule has 0 aliphatic rings. The summed E-state index contributed by atoms with van der Waals surface area (Å²) in [6.07, 6.45) is 0.260. The molecule has 3 nitrogen and oxygen atoms in total. The van der Waals surface area contributed by atoms with E-state index in [4.69, 9.17) is 14.6 Å². The Kier molecular flexibility index (Phi) is 6.20. The summed E-state index contributed by atoms with van der Waals surface area (Å²) in [7, 11) is 0. The third kappa shape index (κ3) is 5.19. The number of benzene rings is 1. The lowest BCUT2D eigenvalue weighted by molar-refractivity contribution is -0.122. The summed E-state index contributed by atoms with van der Waals surface area (Å²) in [6, 6.07) is 8.06. The molecule has 1 N–H and O–H groups in total. The third-order valence-electron chi connectivity index (χ3n) is 1.46. The monoisotopic (exact) mass is 196 g/mol. The maximum absolute atomic E-state index is 8.36. The van der Waals surface area contributed by atoms with E-state index in [9.17, 15) is 0 Å². The molecule has 0 spiro atoms. The highest BCUT2D eigenvalue weighted by atomic mass is 16.5. The van der Waals surface area contributed by atoms with Gasteiger partial charge in [0.15, 0.2) is 0 Å². The van der Waals surface area contributed by atoms with Gasteiger partial charge in [0.25, 0.3) is 6.47 Å². The first-order chi connectivity index (χ1) is 6.61. The molecular weight excluding hydrogens is 180 g/mol. The molecule has 0 amide bonds. The van der Waals surface area contributed by atoms with E-state index in [1.165, 1.54) is 5.56 Å². The molecule has 0 atom stereocenters. The smallest absolute Gasteiger partial charge is 0.290 e. The lowest BCUT2D eigenvalue weighted by Crippen LogP contribution is -2.06. The van der Waals surface area contributed by atoms with Crippen LogP contribution in [0.5, 0.6) is 5.75 Å². The zero-order chi connectivity index (χ0) is 11.0. The molecule has 0 radical (unpaired) electrons. The zero-order valence-corrected chi connectivity index (χ0v) is 8.73. The number of hydrogen-bond donors (Lipinski definition) is 1. The minimum absolute atomic E-state index is 0.250. The van der Waals surface area contributed by atoms with E-state index in [2.05, 4.69) is 13.0 Å². The van der Waals surface area contributed by atoms with Crippen LogP contribution in [0.15, 0.2) is 24.3 Å². The Morgan fingerprint density at radius 1 is 1.36 bits per heavy atom. The Hall–Kier alpha value is -1.51. The molecule has 0 aromatic heterocycles. The number of carboxylic acid groups (broad SMARTS) is 1. The van der Waals surface area contributed by atoms with Crippen LogP contribution in [-0.2, 0) is 4.79 Å². The van der Waals surface area contributed by atoms with Crippen LogP contribution in [0.3, 0.4) is 0 Å². The van der Waals surface area contributed by atoms with Crippen LogP contribution in [0.2, 0.25) is 0 Å². The van der Waals surface area contributed by atoms with E-state index < -0.39 is 0 Å². The van der Waals surface area contributed by atoms with Gasteiger partial charge in [-0.05, 0) is 32.4 Å². The average molecular weight is 196 g/mol. The molecule has 0 fully saturated rings. The fourth-order valence-corrected chi connectivity index (χ4v) is 0.943. The van der Waals surface area contributed by atoms with Crippen LogP contribution in [0.25, 0.3) is 0 Å². The molecule has 1 aromatic carbocycles. The van der Waals surface area contributed by atoms with Crippen LogP contribution >= 0.6 is 0 Å². The van der Waals surface area contributed by atoms with Gasteiger partial charge in [-0.15, -0.1) is 0 Å². The van der Waals surface area contributed by atoms with Gasteiger partial charge in [-0.3, -0.25) is 4.79 Å². The van der Waals surface area contributed by atoms with Crippen molar-refractivity contribution >= 4 is 6.47 Å². The van der Waals surface area contributed by atoms with Gasteiger partial charge in [0.1, 0.15) is 5.75 Å². The molecule has 1 rings (SSSR count). The minimum atomic E-state index is -0.250. The largest absolute Gasteiger partial charge is 0.491 e. The number of ether oxygens (including phenoxy) is 1. The van der Waals surface area contributed by atoms with Crippen molar-refractivity contribution in [1.29, 1.82) is 0 Å². The van der Waals surface area contributed by atoms with Gasteiger partial charge in [-0.25, -0.2) is 0 Å². The Morgan fingerprint density at radius 2 is 1.86 bits per heavy atom. The second-order valence-electron chi connectivity index (χ2n) is 3.04. The fourth-order valence-electron chi connectivity index (χ4n) is 0.943. The summed E-state index contributed by atoms with van der Waals surface area (Å²) in [4.78, 5) is 8.36. The number of aryl methyl sites for hydroxylation is 1. The molecule has 0 aliphatic heterocycles. The van der Waals surface area contributed by atoms with Crippen molar-refractivity contribution in [3.05, 3.63) is 29.8 Å². The Bertz CT molecular complexity index is 269. The van der Waals surface area contributed by atoms with Gasteiger partial charge in [0, 0.05) is 0 Å². The standard InChI is InChI=1S/C10H14O.CH2O2/c1-8(2)11-10-7-5-4-6-9(10)3;2-1-3/h4-8H,1-3H3;1H,(H,2,3). The zero-order valence-electron chi connectivity index (χ0n) is 8.73. The van der Waals surface area contributed by atoms with E-state index in [0.29, 0.717) is 0 Å². The predicted octanol–water partition coefficient (Wildman–Crippen LogP) is 2.48. The van der Waals surface area contributed by atoms with E-state index in [-0.39, 0.29) is 12.6 Å². The van der Waals surface area contributed by atoms with Crippen molar-refractivity contribution in [2.45, 2.75) is 26.9 Å². The molecule has 14 heavy (non-hydrogen) atoms. The maximum Gasteiger partial charge on any atom is 0.290 e. The first-order valence-electron chi connectivity index (χ1n) is 4.42. The highest BCUT2D eigenvalue weighted by molar-refractivity contribution is 5.32. The van der Waals surface area contributed by atoms with Crippen molar-refractivity contribution < 1.29 is 14.6 Å². The van der Waals surface area contributed by atoms with Crippen molar-refractivity contribution in [2.75, 3.05) is 0 Å². The maximum atomic E-state index is 8.36. The second-order valence-corrected chi connectivity index (χ2v) is 3.04. The van der Waals surface area contributed by atoms with Crippen molar-refractivity contribution in [1.82, 2.24) is 0 Å². The lowest BCUT2D eigenvalue weighted by atomic mass is 10.2. The predicted molar refractivity (Wildman–Crippen MR) is 55.6 cm³/mol. The topological polar surface area (TPSA) is 46.5 Å². The molecule has 0 saturated heterocycles. The van der Waals surface area contributed by atoms with Crippen LogP contribution in [0.4, 0.5) is 0 Å². The molecule has 78 valence electrons. The van der Waals surface area contributed by atoms with Crippen molar-refractivity contribution in [3.8, 4) is 5.75 Å². The summed E-state index contributed by atoms with van der Waals surface area (Å²) in [5.74, 6) is 0.988. The molecule has 0 bridgehead atoms. The molecule has 0 saturated carbocycles. The van der Waals surface area contributed by atoms with Gasteiger partial charge < -0.3 is 9.84 Å². The quantitative estimate of drug-likeness (QED) is 0.739. The Balaban J connectivity index is 0.000000500. The van der Waals surface area contributed by atoms with Crippen LogP contribution < -0.4 is 4.74 Å². The molecule has 3 heteroatoms. The lowest BCUT2D eigenvalue weighted by Gasteiger charge is -2.11. The molecule has 0 heterocycles. The summed E-state index contributed by atoms with van der Waals surface area (Å²) < 4.78 is 5.54. The van der Waals surface area contributed by atoms with Crippen LogP contribution in [0.1, 0.15) is 19.4 Å². The fraction of sp³-hybridized carbons (Fsp3) is 0.364. The van der Waals surface area contributed by atoms with Crippen LogP contribution in [-0.4, -0.2) is 17.7 Å². The normalized spacial score (nSPS) is 8.86. The van der Waals surface area contributed by atoms with E-state index in [0.717, 1.165) is 5.75 Å². The number of hydrogen-bond acceptors (Lipinski definition) is 2. The first kappa shape index (κ1) is 12.5. The van der Waals surface area contributed by atoms with Gasteiger partial charge in [-0.2, -0.15) is 0 Å². The van der Waals surface area contributed by atoms with Crippen LogP contribution in [0, 0.1) is 6.92 Å². The Morgan fingerprint density at radius 3 is 2.29 bits per heavy atom. The van der Waals surface area contributed by atoms with E-state index >= 15 is 0 Å². The van der Waals surface area contributed by atoms with Gasteiger partial charge in [-0.1, -0.05) is 18.2 Å². The number of rotatable bonds is 2.